The van der Waals surface area contributed by atoms with Crippen LogP contribution in [0.25, 0.3) is 0 Å². The van der Waals surface area contributed by atoms with E-state index in [1.165, 1.54) is 0 Å². The molecule has 204 valence electrons. The maximum atomic E-state index is 14.0. The summed E-state index contributed by atoms with van der Waals surface area (Å²) < 4.78 is 191. The van der Waals surface area contributed by atoms with Gasteiger partial charge in [-0.15, -0.1) is 0 Å². The van der Waals surface area contributed by atoms with Gasteiger partial charge in [0, 0.05) is 0 Å². The van der Waals surface area contributed by atoms with Crippen LogP contribution in [0.3, 0.4) is 0 Å². The van der Waals surface area contributed by atoms with Crippen LogP contribution >= 0.6 is 7.74 Å². The Bertz CT molecular complexity index is 751. The van der Waals surface area contributed by atoms with E-state index in [1.54, 1.807) is 0 Å². The molecule has 2 aliphatic rings. The van der Waals surface area contributed by atoms with Crippen molar-refractivity contribution in [3.05, 3.63) is 0 Å². The van der Waals surface area contributed by atoms with Crippen molar-refractivity contribution in [1.82, 2.24) is 0 Å². The van der Waals surface area contributed by atoms with Crippen molar-refractivity contribution in [2.45, 2.75) is 94.4 Å². The fourth-order valence-electron chi connectivity index (χ4n) is 3.50. The molecule has 2 heterocycles. The van der Waals surface area contributed by atoms with Gasteiger partial charge in [-0.3, -0.25) is 0 Å². The standard InChI is InChI=1S/C15H21F12O5PSi/c1-8(2)9(3,4)29-33(28-8,32-34(5,6)7)30-10(12(16,17)18,13(19,20)21)11(31-33,14(22,23)24)15(25,26)27/h1-7H3. The molecule has 0 atom stereocenters. The molecule has 2 rings (SSSR count). The van der Waals surface area contributed by atoms with E-state index in [0.717, 1.165) is 47.3 Å². The van der Waals surface area contributed by atoms with Crippen molar-refractivity contribution in [2.24, 2.45) is 0 Å². The molecule has 0 aromatic rings. The van der Waals surface area contributed by atoms with Crippen molar-refractivity contribution in [2.75, 3.05) is 0 Å². The van der Waals surface area contributed by atoms with Crippen LogP contribution in [0.1, 0.15) is 27.7 Å². The van der Waals surface area contributed by atoms with Crippen molar-refractivity contribution in [1.29, 1.82) is 0 Å². The Morgan fingerprint density at radius 3 is 0.941 bits per heavy atom. The van der Waals surface area contributed by atoms with Crippen molar-refractivity contribution in [3.8, 4) is 0 Å². The van der Waals surface area contributed by atoms with Gasteiger partial charge in [0.05, 0.1) is 0 Å². The Hall–Kier alpha value is -0.393. The van der Waals surface area contributed by atoms with Crippen LogP contribution in [0.4, 0.5) is 52.7 Å². The first-order valence-corrected chi connectivity index (χ1v) is 14.4. The van der Waals surface area contributed by atoms with Crippen LogP contribution in [-0.4, -0.2) is 55.4 Å². The van der Waals surface area contributed by atoms with Gasteiger partial charge in [-0.25, -0.2) is 0 Å². The maximum absolute atomic E-state index is 14.0. The van der Waals surface area contributed by atoms with Gasteiger partial charge in [0.2, 0.25) is 0 Å². The molecule has 5 nitrogen and oxygen atoms in total. The summed E-state index contributed by atoms with van der Waals surface area (Å²) in [6.07, 6.45) is -29.7. The van der Waals surface area contributed by atoms with Crippen molar-refractivity contribution < 1.29 is 75.0 Å². The van der Waals surface area contributed by atoms with Gasteiger partial charge in [0.15, 0.2) is 0 Å². The summed E-state index contributed by atoms with van der Waals surface area (Å²) in [5.74, 6) is 0. The third-order valence-corrected chi connectivity index (χ3v) is 11.3. The van der Waals surface area contributed by atoms with Gasteiger partial charge in [0.25, 0.3) is 0 Å². The van der Waals surface area contributed by atoms with Crippen LogP contribution < -0.4 is 0 Å². The topological polar surface area (TPSA) is 46.2 Å². The van der Waals surface area contributed by atoms with E-state index in [2.05, 4.69) is 9.05 Å². The number of hydrogen-bond acceptors (Lipinski definition) is 5. The van der Waals surface area contributed by atoms with E-state index in [0.29, 0.717) is 0 Å². The Balaban J connectivity index is 3.22. The molecule has 1 spiro atoms. The second-order valence-electron chi connectivity index (χ2n) is 9.69. The summed E-state index contributed by atoms with van der Waals surface area (Å²) >= 11 is 0. The van der Waals surface area contributed by atoms with Gasteiger partial charge in [-0.05, 0) is 0 Å². The van der Waals surface area contributed by atoms with Crippen LogP contribution in [0, 0.1) is 0 Å². The van der Waals surface area contributed by atoms with E-state index in [1.807, 2.05) is 0 Å². The first-order chi connectivity index (χ1) is 14.3. The molecule has 0 N–H and O–H groups in total. The summed E-state index contributed by atoms with van der Waals surface area (Å²) in [6, 6.07) is 0. The number of halogens is 12. The zero-order valence-electron chi connectivity index (χ0n) is 18.5. The van der Waals surface area contributed by atoms with Crippen LogP contribution in [0.5, 0.6) is 0 Å². The van der Waals surface area contributed by atoms with Gasteiger partial charge in [-0.2, -0.15) is 0 Å². The summed E-state index contributed by atoms with van der Waals surface area (Å²) in [5.41, 5.74) is -18.4. The molecule has 19 heteroatoms. The van der Waals surface area contributed by atoms with Crippen molar-refractivity contribution >= 4 is 16.1 Å². The van der Waals surface area contributed by atoms with Gasteiger partial charge < -0.3 is 0 Å². The number of alkyl halides is 12. The van der Waals surface area contributed by atoms with E-state index < -0.39 is 63.2 Å². The third kappa shape index (κ3) is 3.77. The first kappa shape index (κ1) is 29.8. The Morgan fingerprint density at radius 1 is 0.529 bits per heavy atom. The zero-order chi connectivity index (χ0) is 27.5. The second kappa shape index (κ2) is 6.92. The summed E-state index contributed by atoms with van der Waals surface area (Å²) in [5, 5.41) is 0. The zero-order valence-corrected chi connectivity index (χ0v) is 20.4. The number of rotatable bonds is 2. The van der Waals surface area contributed by atoms with Crippen LogP contribution in [-0.2, 0) is 22.3 Å². The Kier molecular flexibility index (Phi) is 6.07. The second-order valence-corrected chi connectivity index (χ2v) is 16.9. The molecule has 2 saturated heterocycles. The summed E-state index contributed by atoms with van der Waals surface area (Å²) in [6.45, 7) is 6.79. The van der Waals surface area contributed by atoms with Crippen molar-refractivity contribution in [3.63, 3.8) is 0 Å². The molecule has 0 radical (unpaired) electrons. The fraction of sp³-hybridized carbons (Fsp3) is 1.00. The summed E-state index contributed by atoms with van der Waals surface area (Å²) in [7, 11) is -11.2. The van der Waals surface area contributed by atoms with Gasteiger partial charge >= 0.3 is 185 Å². The normalized spacial score (nSPS) is 29.1. The first-order valence-electron chi connectivity index (χ1n) is 9.20. The van der Waals surface area contributed by atoms with E-state index in [9.17, 15) is 52.7 Å². The molecule has 0 amide bonds. The molecule has 0 aliphatic carbocycles. The Morgan fingerprint density at radius 2 is 0.765 bits per heavy atom. The molecule has 0 bridgehead atoms. The monoisotopic (exact) mass is 568 g/mol. The SMILES string of the molecule is CC1(C)OP2(O[Si](C)(C)C)(OC1(C)C)OC(C(F)(F)F)(C(F)(F)F)C(C(F)(F)F)(C(F)(F)F)O2. The molecule has 0 saturated carbocycles. The average molecular weight is 568 g/mol. The van der Waals surface area contributed by atoms with Gasteiger partial charge in [-0.1, -0.05) is 0 Å². The van der Waals surface area contributed by atoms with Crippen LogP contribution in [0.2, 0.25) is 19.6 Å². The number of hydrogen-bond donors (Lipinski definition) is 0. The molecule has 34 heavy (non-hydrogen) atoms. The quantitative estimate of drug-likeness (QED) is 0.198. The Labute approximate surface area is 186 Å². The van der Waals surface area contributed by atoms with E-state index in [4.69, 9.17) is 13.3 Å². The van der Waals surface area contributed by atoms with E-state index >= 15 is 0 Å². The predicted molar refractivity (Wildman–Crippen MR) is 93.5 cm³/mol. The minimum atomic E-state index is -7.47. The molecule has 2 aliphatic heterocycles. The minimum absolute atomic E-state index is 0.929. The molecule has 2 fully saturated rings. The molecule has 0 aromatic carbocycles. The average Bonchev–Trinajstić information content (AvgIpc) is 2.79. The molecule has 0 unspecified atom stereocenters. The molecular formula is C15H21F12O5PSi. The molecule has 0 aromatic heterocycles. The summed E-state index contributed by atoms with van der Waals surface area (Å²) in [4.78, 5) is 0. The third-order valence-electron chi connectivity index (χ3n) is 5.29. The van der Waals surface area contributed by atoms with E-state index in [-0.39, 0.29) is 0 Å². The fourth-order valence-corrected chi connectivity index (χ4v) is 11.4. The van der Waals surface area contributed by atoms with Gasteiger partial charge in [0.1, 0.15) is 0 Å². The molecular weight excluding hydrogens is 547 g/mol. The van der Waals surface area contributed by atoms with Crippen LogP contribution in [0.15, 0.2) is 0 Å². The predicted octanol–water partition coefficient (Wildman–Crippen LogP) is 7.34.